The second kappa shape index (κ2) is 10.6. The lowest BCUT2D eigenvalue weighted by Crippen LogP contribution is -2.32. The second-order valence-electron chi connectivity index (χ2n) is 6.48. The summed E-state index contributed by atoms with van der Waals surface area (Å²) in [7, 11) is 1.61. The zero-order chi connectivity index (χ0) is 20.5. The van der Waals surface area contributed by atoms with Crippen molar-refractivity contribution < 1.29 is 14.3 Å². The van der Waals surface area contributed by atoms with Crippen molar-refractivity contribution in [1.82, 2.24) is 0 Å². The molecule has 1 N–H and O–H groups in total. The van der Waals surface area contributed by atoms with Gasteiger partial charge < -0.3 is 14.8 Å². The van der Waals surface area contributed by atoms with Crippen LogP contribution in [0.3, 0.4) is 0 Å². The first kappa shape index (κ1) is 20.8. The predicted molar refractivity (Wildman–Crippen MR) is 119 cm³/mol. The quantitative estimate of drug-likeness (QED) is 0.457. The Hall–Kier alpha value is -2.92. The van der Waals surface area contributed by atoms with Gasteiger partial charge in [0.25, 0.3) is 5.91 Å². The number of carbonyl (C=O) groups is 1. The van der Waals surface area contributed by atoms with Crippen molar-refractivity contribution in [3.63, 3.8) is 0 Å². The Labute approximate surface area is 176 Å². The lowest BCUT2D eigenvalue weighted by Gasteiger charge is -2.17. The normalized spacial score (nSPS) is 11.5. The average molecular weight is 408 g/mol. The van der Waals surface area contributed by atoms with Gasteiger partial charge in [0.15, 0.2) is 6.10 Å². The highest BCUT2D eigenvalue weighted by atomic mass is 32.2. The minimum Gasteiger partial charge on any atom is -0.497 e. The molecule has 0 aliphatic carbocycles. The molecule has 0 spiro atoms. The van der Waals surface area contributed by atoms with Crippen molar-refractivity contribution in [3.05, 3.63) is 84.4 Å². The fraction of sp³-hybridized carbons (Fsp3) is 0.208. The third kappa shape index (κ3) is 6.29. The number of ether oxygens (including phenoxy) is 2. The van der Waals surface area contributed by atoms with Crippen LogP contribution in [0.5, 0.6) is 11.5 Å². The molecule has 5 heteroatoms. The van der Waals surface area contributed by atoms with Crippen molar-refractivity contribution in [3.8, 4) is 11.5 Å². The van der Waals surface area contributed by atoms with Crippen LogP contribution >= 0.6 is 11.8 Å². The molecule has 1 atom stereocenters. The minimum atomic E-state index is -0.559. The molecular formula is C24H25NO3S. The molecule has 0 heterocycles. The molecule has 1 amide bonds. The van der Waals surface area contributed by atoms with Gasteiger partial charge in [-0.15, -0.1) is 11.8 Å². The summed E-state index contributed by atoms with van der Waals surface area (Å²) >= 11 is 1.79. The van der Waals surface area contributed by atoms with E-state index in [1.165, 1.54) is 10.5 Å². The van der Waals surface area contributed by atoms with Gasteiger partial charge in [-0.2, -0.15) is 0 Å². The number of nitrogens with one attached hydrogen (secondary N) is 1. The number of rotatable bonds is 9. The van der Waals surface area contributed by atoms with E-state index >= 15 is 0 Å². The van der Waals surface area contributed by atoms with Gasteiger partial charge in [-0.05, 0) is 60.5 Å². The maximum absolute atomic E-state index is 12.6. The van der Waals surface area contributed by atoms with E-state index in [1.54, 1.807) is 31.0 Å². The van der Waals surface area contributed by atoms with E-state index in [9.17, 15) is 4.79 Å². The summed E-state index contributed by atoms with van der Waals surface area (Å²) < 4.78 is 11.0. The summed E-state index contributed by atoms with van der Waals surface area (Å²) in [6.07, 6.45) is 0.0145. The number of hydrogen-bond acceptors (Lipinski definition) is 4. The minimum absolute atomic E-state index is 0.158. The first-order valence-electron chi connectivity index (χ1n) is 9.56. The molecule has 0 bridgehead atoms. The van der Waals surface area contributed by atoms with Crippen LogP contribution in [0.2, 0.25) is 0 Å². The predicted octanol–water partition coefficient (Wildman–Crippen LogP) is 5.78. The Morgan fingerprint density at radius 2 is 1.59 bits per heavy atom. The smallest absolute Gasteiger partial charge is 0.265 e. The second-order valence-corrected chi connectivity index (χ2v) is 7.53. The monoisotopic (exact) mass is 407 g/mol. The van der Waals surface area contributed by atoms with Crippen LogP contribution in [0.15, 0.2) is 83.8 Å². The zero-order valence-corrected chi connectivity index (χ0v) is 17.4. The van der Waals surface area contributed by atoms with E-state index in [0.717, 1.165) is 17.2 Å². The van der Waals surface area contributed by atoms with Crippen LogP contribution in [0.25, 0.3) is 0 Å². The number of amides is 1. The molecular weight excluding hydrogens is 382 g/mol. The fourth-order valence-corrected chi connectivity index (χ4v) is 3.61. The maximum atomic E-state index is 12.6. The Morgan fingerprint density at radius 3 is 2.21 bits per heavy atom. The van der Waals surface area contributed by atoms with Crippen LogP contribution in [-0.2, 0) is 10.5 Å². The van der Waals surface area contributed by atoms with E-state index in [0.29, 0.717) is 12.2 Å². The number of anilines is 1. The third-order valence-corrected chi connectivity index (χ3v) is 5.45. The van der Waals surface area contributed by atoms with E-state index in [2.05, 4.69) is 17.4 Å². The van der Waals surface area contributed by atoms with Gasteiger partial charge in [0, 0.05) is 16.3 Å². The molecule has 0 aromatic heterocycles. The molecule has 0 aliphatic rings. The van der Waals surface area contributed by atoms with Crippen LogP contribution < -0.4 is 14.8 Å². The topological polar surface area (TPSA) is 47.6 Å². The van der Waals surface area contributed by atoms with Gasteiger partial charge in [0.05, 0.1) is 7.11 Å². The molecule has 0 saturated carbocycles. The highest BCUT2D eigenvalue weighted by Crippen LogP contribution is 2.23. The standard InChI is InChI=1S/C24H25NO3S/c1-3-23(28-21-15-13-20(27-2)14-16-21)24(26)25-19-11-9-18(10-12-19)17-29-22-7-5-4-6-8-22/h4-16,23H,3,17H2,1-2H3,(H,25,26)/t23-/m1/s1. The molecule has 3 rings (SSSR count). The number of benzene rings is 3. The molecule has 0 unspecified atom stereocenters. The first-order valence-corrected chi connectivity index (χ1v) is 10.5. The summed E-state index contributed by atoms with van der Waals surface area (Å²) in [5, 5.41) is 2.94. The molecule has 3 aromatic rings. The number of methoxy groups -OCH3 is 1. The lowest BCUT2D eigenvalue weighted by atomic mass is 10.2. The summed E-state index contributed by atoms with van der Waals surface area (Å²) in [4.78, 5) is 13.8. The number of hydrogen-bond donors (Lipinski definition) is 1. The fourth-order valence-electron chi connectivity index (χ4n) is 2.73. The van der Waals surface area contributed by atoms with Crippen molar-refractivity contribution in [1.29, 1.82) is 0 Å². The molecule has 0 saturated heterocycles. The van der Waals surface area contributed by atoms with Crippen LogP contribution in [0, 0.1) is 0 Å². The molecule has 0 fully saturated rings. The Kier molecular flexibility index (Phi) is 7.59. The van der Waals surface area contributed by atoms with Gasteiger partial charge in [0.2, 0.25) is 0 Å². The van der Waals surface area contributed by atoms with Gasteiger partial charge in [-0.25, -0.2) is 0 Å². The first-order chi connectivity index (χ1) is 14.2. The average Bonchev–Trinajstić information content (AvgIpc) is 2.78. The Balaban J connectivity index is 1.54. The van der Waals surface area contributed by atoms with Crippen LogP contribution in [-0.4, -0.2) is 19.1 Å². The molecule has 150 valence electrons. The molecule has 3 aromatic carbocycles. The molecule has 29 heavy (non-hydrogen) atoms. The largest absolute Gasteiger partial charge is 0.497 e. The number of thioether (sulfide) groups is 1. The van der Waals surface area contributed by atoms with Gasteiger partial charge in [-0.3, -0.25) is 4.79 Å². The van der Waals surface area contributed by atoms with Gasteiger partial charge in [0.1, 0.15) is 11.5 Å². The molecule has 4 nitrogen and oxygen atoms in total. The summed E-state index contributed by atoms with van der Waals surface area (Å²) in [6.45, 7) is 1.93. The van der Waals surface area contributed by atoms with Crippen molar-refractivity contribution in [2.45, 2.75) is 30.1 Å². The summed E-state index contributed by atoms with van der Waals surface area (Å²) in [5.41, 5.74) is 1.97. The highest BCUT2D eigenvalue weighted by Gasteiger charge is 2.18. The van der Waals surface area contributed by atoms with Crippen molar-refractivity contribution >= 4 is 23.4 Å². The van der Waals surface area contributed by atoms with Crippen LogP contribution in [0.4, 0.5) is 5.69 Å². The third-order valence-electron chi connectivity index (χ3n) is 4.37. The lowest BCUT2D eigenvalue weighted by molar-refractivity contribution is -0.122. The van der Waals surface area contributed by atoms with Crippen molar-refractivity contribution in [2.24, 2.45) is 0 Å². The zero-order valence-electron chi connectivity index (χ0n) is 16.6. The van der Waals surface area contributed by atoms with Gasteiger partial charge in [-0.1, -0.05) is 37.3 Å². The molecule has 0 radical (unpaired) electrons. The molecule has 0 aliphatic heterocycles. The SMILES string of the molecule is CC[C@@H](Oc1ccc(OC)cc1)C(=O)Nc1ccc(CSc2ccccc2)cc1. The maximum Gasteiger partial charge on any atom is 0.265 e. The highest BCUT2D eigenvalue weighted by molar-refractivity contribution is 7.98. The summed E-state index contributed by atoms with van der Waals surface area (Å²) in [6, 6.07) is 25.5. The Bertz CT molecular complexity index is 896. The van der Waals surface area contributed by atoms with Crippen molar-refractivity contribution in [2.75, 3.05) is 12.4 Å². The number of carbonyl (C=O) groups excluding carboxylic acids is 1. The van der Waals surface area contributed by atoms with Gasteiger partial charge >= 0.3 is 0 Å². The van der Waals surface area contributed by atoms with Crippen LogP contribution in [0.1, 0.15) is 18.9 Å². The summed E-state index contributed by atoms with van der Waals surface area (Å²) in [5.74, 6) is 2.12. The van der Waals surface area contributed by atoms with E-state index in [4.69, 9.17) is 9.47 Å². The van der Waals surface area contributed by atoms with E-state index in [-0.39, 0.29) is 5.91 Å². The Morgan fingerprint density at radius 1 is 0.931 bits per heavy atom. The van der Waals surface area contributed by atoms with E-state index < -0.39 is 6.10 Å². The van der Waals surface area contributed by atoms with E-state index in [1.807, 2.05) is 61.5 Å².